The standard InChI is InChI=1S/C7H11N3O/c1-7(5-11-7)8-6-3-4-10(2)9-6/h3-4H,5H2,1-2H3,(H,8,9). The molecule has 1 N–H and O–H groups in total. The summed E-state index contributed by atoms with van der Waals surface area (Å²) in [4.78, 5) is 0. The second-order valence-corrected chi connectivity index (χ2v) is 3.02. The van der Waals surface area contributed by atoms with Gasteiger partial charge in [-0.2, -0.15) is 5.10 Å². The Bertz CT molecular complexity index is 264. The summed E-state index contributed by atoms with van der Waals surface area (Å²) in [5.74, 6) is 0.868. The molecule has 0 radical (unpaired) electrons. The van der Waals surface area contributed by atoms with E-state index in [0.717, 1.165) is 12.4 Å². The number of nitrogens with zero attached hydrogens (tertiary/aromatic N) is 2. The molecule has 2 rings (SSSR count). The lowest BCUT2D eigenvalue weighted by atomic mass is 10.4. The van der Waals surface area contributed by atoms with E-state index in [1.807, 2.05) is 26.2 Å². The SMILES string of the molecule is Cn1ccc(NC2(C)CO2)n1. The van der Waals surface area contributed by atoms with E-state index < -0.39 is 0 Å². The summed E-state index contributed by atoms with van der Waals surface area (Å²) in [5.41, 5.74) is -0.158. The number of epoxide rings is 1. The van der Waals surface area contributed by atoms with Gasteiger partial charge in [0.05, 0.1) is 6.61 Å². The molecule has 4 heteroatoms. The Morgan fingerprint density at radius 2 is 2.55 bits per heavy atom. The predicted molar refractivity (Wildman–Crippen MR) is 41.2 cm³/mol. The average molecular weight is 153 g/mol. The van der Waals surface area contributed by atoms with Crippen molar-refractivity contribution in [2.45, 2.75) is 12.6 Å². The molecule has 0 saturated carbocycles. The first-order valence-electron chi connectivity index (χ1n) is 3.60. The van der Waals surface area contributed by atoms with Gasteiger partial charge >= 0.3 is 0 Å². The van der Waals surface area contributed by atoms with Crippen LogP contribution in [-0.2, 0) is 11.8 Å². The van der Waals surface area contributed by atoms with E-state index in [-0.39, 0.29) is 5.72 Å². The molecular formula is C7H11N3O. The second-order valence-electron chi connectivity index (χ2n) is 3.02. The van der Waals surface area contributed by atoms with Crippen LogP contribution in [0.2, 0.25) is 0 Å². The van der Waals surface area contributed by atoms with Gasteiger partial charge in [-0.15, -0.1) is 0 Å². The minimum Gasteiger partial charge on any atom is -0.349 e. The van der Waals surface area contributed by atoms with Crippen LogP contribution in [0.5, 0.6) is 0 Å². The second kappa shape index (κ2) is 1.98. The minimum atomic E-state index is -0.158. The van der Waals surface area contributed by atoms with Crippen molar-refractivity contribution in [3.05, 3.63) is 12.3 Å². The zero-order chi connectivity index (χ0) is 7.90. The zero-order valence-corrected chi connectivity index (χ0v) is 6.66. The Kier molecular flexibility index (Phi) is 1.20. The summed E-state index contributed by atoms with van der Waals surface area (Å²) in [7, 11) is 1.89. The van der Waals surface area contributed by atoms with Crippen molar-refractivity contribution in [2.75, 3.05) is 11.9 Å². The van der Waals surface area contributed by atoms with Crippen molar-refractivity contribution in [1.82, 2.24) is 9.78 Å². The number of hydrogen-bond acceptors (Lipinski definition) is 3. The van der Waals surface area contributed by atoms with Gasteiger partial charge in [0.15, 0.2) is 5.72 Å². The molecule has 1 saturated heterocycles. The number of hydrogen-bond donors (Lipinski definition) is 1. The molecule has 1 fully saturated rings. The van der Waals surface area contributed by atoms with E-state index >= 15 is 0 Å². The van der Waals surface area contributed by atoms with Gasteiger partial charge in [0, 0.05) is 19.3 Å². The van der Waals surface area contributed by atoms with Crippen LogP contribution in [-0.4, -0.2) is 22.1 Å². The Balaban J connectivity index is 2.06. The number of rotatable bonds is 2. The molecule has 4 nitrogen and oxygen atoms in total. The fourth-order valence-electron chi connectivity index (χ4n) is 0.933. The lowest BCUT2D eigenvalue weighted by Crippen LogP contribution is -2.18. The third kappa shape index (κ3) is 1.35. The highest BCUT2D eigenvalue weighted by Crippen LogP contribution is 2.26. The summed E-state index contributed by atoms with van der Waals surface area (Å²) in [5, 5.41) is 7.32. The van der Waals surface area contributed by atoms with E-state index in [2.05, 4.69) is 10.4 Å². The van der Waals surface area contributed by atoms with Crippen molar-refractivity contribution in [1.29, 1.82) is 0 Å². The zero-order valence-electron chi connectivity index (χ0n) is 6.66. The van der Waals surface area contributed by atoms with E-state index in [1.165, 1.54) is 0 Å². The summed E-state index contributed by atoms with van der Waals surface area (Å²) >= 11 is 0. The monoisotopic (exact) mass is 153 g/mol. The van der Waals surface area contributed by atoms with Crippen LogP contribution in [0.3, 0.4) is 0 Å². The van der Waals surface area contributed by atoms with E-state index in [1.54, 1.807) is 4.68 Å². The summed E-state index contributed by atoms with van der Waals surface area (Å²) < 4.78 is 6.91. The summed E-state index contributed by atoms with van der Waals surface area (Å²) in [6.07, 6.45) is 1.90. The molecule has 60 valence electrons. The molecule has 0 aromatic carbocycles. The average Bonchev–Trinajstić information content (AvgIpc) is 2.49. The summed E-state index contributed by atoms with van der Waals surface area (Å²) in [6, 6.07) is 1.92. The van der Waals surface area contributed by atoms with Crippen LogP contribution in [0, 0.1) is 0 Å². The maximum Gasteiger partial charge on any atom is 0.160 e. The topological polar surface area (TPSA) is 42.4 Å². The maximum atomic E-state index is 5.15. The predicted octanol–water partition coefficient (Wildman–Crippen LogP) is 0.578. The highest BCUT2D eigenvalue weighted by atomic mass is 16.6. The normalized spacial score (nSPS) is 28.5. The van der Waals surface area contributed by atoms with Crippen molar-refractivity contribution in [2.24, 2.45) is 7.05 Å². The van der Waals surface area contributed by atoms with E-state index in [4.69, 9.17) is 4.74 Å². The summed E-state index contributed by atoms with van der Waals surface area (Å²) in [6.45, 7) is 2.77. The molecular weight excluding hydrogens is 142 g/mol. The van der Waals surface area contributed by atoms with Gasteiger partial charge in [-0.3, -0.25) is 4.68 Å². The van der Waals surface area contributed by atoms with Crippen molar-refractivity contribution >= 4 is 5.82 Å². The van der Waals surface area contributed by atoms with Gasteiger partial charge in [0.25, 0.3) is 0 Å². The molecule has 0 spiro atoms. The van der Waals surface area contributed by atoms with Crippen LogP contribution < -0.4 is 5.32 Å². The Morgan fingerprint density at radius 3 is 3.00 bits per heavy atom. The number of aryl methyl sites for hydroxylation is 1. The molecule has 1 aliphatic heterocycles. The van der Waals surface area contributed by atoms with Gasteiger partial charge in [0.2, 0.25) is 0 Å². The molecule has 1 aromatic heterocycles. The van der Waals surface area contributed by atoms with Crippen molar-refractivity contribution in [3.8, 4) is 0 Å². The number of ether oxygens (including phenoxy) is 1. The number of aromatic nitrogens is 2. The highest BCUT2D eigenvalue weighted by Gasteiger charge is 2.39. The highest BCUT2D eigenvalue weighted by molar-refractivity contribution is 5.36. The molecule has 11 heavy (non-hydrogen) atoms. The molecule has 1 aromatic rings. The fourth-order valence-corrected chi connectivity index (χ4v) is 0.933. The van der Waals surface area contributed by atoms with Gasteiger partial charge in [-0.25, -0.2) is 0 Å². The maximum absolute atomic E-state index is 5.15. The van der Waals surface area contributed by atoms with Crippen LogP contribution in [0.1, 0.15) is 6.92 Å². The third-order valence-electron chi connectivity index (χ3n) is 1.68. The molecule has 1 aliphatic rings. The first-order chi connectivity index (χ1) is 5.18. The quantitative estimate of drug-likeness (QED) is 0.632. The van der Waals surface area contributed by atoms with Gasteiger partial charge in [-0.05, 0) is 6.92 Å². The van der Waals surface area contributed by atoms with Crippen LogP contribution in [0.4, 0.5) is 5.82 Å². The van der Waals surface area contributed by atoms with Crippen molar-refractivity contribution < 1.29 is 4.74 Å². The molecule has 0 bridgehead atoms. The molecule has 1 unspecified atom stereocenters. The lowest BCUT2D eigenvalue weighted by Gasteiger charge is -2.04. The molecule has 0 aliphatic carbocycles. The first-order valence-corrected chi connectivity index (χ1v) is 3.60. The van der Waals surface area contributed by atoms with Crippen LogP contribution in [0.15, 0.2) is 12.3 Å². The first kappa shape index (κ1) is 6.67. The Morgan fingerprint density at radius 1 is 1.82 bits per heavy atom. The molecule has 2 heterocycles. The number of nitrogens with one attached hydrogen (secondary N) is 1. The minimum absolute atomic E-state index is 0.158. The van der Waals surface area contributed by atoms with E-state index in [9.17, 15) is 0 Å². The molecule has 1 atom stereocenters. The third-order valence-corrected chi connectivity index (χ3v) is 1.68. The smallest absolute Gasteiger partial charge is 0.160 e. The lowest BCUT2D eigenvalue weighted by molar-refractivity contribution is 0.351. The fraction of sp³-hybridized carbons (Fsp3) is 0.571. The number of anilines is 1. The van der Waals surface area contributed by atoms with Gasteiger partial charge < -0.3 is 10.1 Å². The Labute approximate surface area is 65.2 Å². The largest absolute Gasteiger partial charge is 0.349 e. The van der Waals surface area contributed by atoms with Gasteiger partial charge in [0.1, 0.15) is 5.82 Å². The Hall–Kier alpha value is -1.03. The van der Waals surface area contributed by atoms with Crippen LogP contribution >= 0.6 is 0 Å². The molecule has 0 amide bonds. The van der Waals surface area contributed by atoms with Crippen LogP contribution in [0.25, 0.3) is 0 Å². The van der Waals surface area contributed by atoms with Crippen molar-refractivity contribution in [3.63, 3.8) is 0 Å². The van der Waals surface area contributed by atoms with Gasteiger partial charge in [-0.1, -0.05) is 0 Å². The van der Waals surface area contributed by atoms with E-state index in [0.29, 0.717) is 0 Å².